The molecule has 2 atom stereocenters. The number of rotatable bonds is 9. The molecule has 2 unspecified atom stereocenters. The molecule has 0 rings (SSSR count). The molecule has 0 saturated carbocycles. The van der Waals surface area contributed by atoms with E-state index in [0.29, 0.717) is 6.04 Å². The fourth-order valence-corrected chi connectivity index (χ4v) is 1.93. The van der Waals surface area contributed by atoms with Crippen LogP contribution in [0.4, 0.5) is 0 Å². The van der Waals surface area contributed by atoms with Gasteiger partial charge in [-0.3, -0.25) is 0 Å². The summed E-state index contributed by atoms with van der Waals surface area (Å²) >= 11 is 0. The van der Waals surface area contributed by atoms with Crippen LogP contribution in [0, 0.1) is 5.41 Å². The second-order valence-electron chi connectivity index (χ2n) is 4.79. The van der Waals surface area contributed by atoms with Crippen LogP contribution in [-0.2, 0) is 4.74 Å². The van der Waals surface area contributed by atoms with E-state index in [1.165, 1.54) is 0 Å². The summed E-state index contributed by atoms with van der Waals surface area (Å²) in [6, 6.07) is 0.348. The highest BCUT2D eigenvalue weighted by Crippen LogP contribution is 2.29. The Labute approximate surface area is 101 Å². The molecule has 0 aromatic carbocycles. The van der Waals surface area contributed by atoms with E-state index in [9.17, 15) is 0 Å². The van der Waals surface area contributed by atoms with Crippen LogP contribution in [0.5, 0.6) is 0 Å². The number of aliphatic hydroxyl groups excluding tert-OH is 1. The van der Waals surface area contributed by atoms with Crippen molar-refractivity contribution < 1.29 is 9.84 Å². The molecule has 0 fully saturated rings. The van der Waals surface area contributed by atoms with Crippen LogP contribution in [0.3, 0.4) is 0 Å². The Morgan fingerprint density at radius 1 is 1.25 bits per heavy atom. The van der Waals surface area contributed by atoms with Gasteiger partial charge in [-0.05, 0) is 38.5 Å². The topological polar surface area (TPSA) is 41.5 Å². The maximum atomic E-state index is 9.13. The highest BCUT2D eigenvalue weighted by molar-refractivity contribution is 4.81. The summed E-state index contributed by atoms with van der Waals surface area (Å²) in [5.74, 6) is 0. The van der Waals surface area contributed by atoms with Gasteiger partial charge in [0.2, 0.25) is 0 Å². The van der Waals surface area contributed by atoms with Crippen LogP contribution in [0.2, 0.25) is 0 Å². The lowest BCUT2D eigenvalue weighted by Gasteiger charge is -2.33. The highest BCUT2D eigenvalue weighted by atomic mass is 16.5. The molecule has 16 heavy (non-hydrogen) atoms. The number of hydrogen-bond acceptors (Lipinski definition) is 3. The Hall–Kier alpha value is -0.120. The number of ether oxygens (including phenoxy) is 1. The van der Waals surface area contributed by atoms with Crippen molar-refractivity contribution in [3.8, 4) is 0 Å². The van der Waals surface area contributed by atoms with Gasteiger partial charge in [-0.2, -0.15) is 0 Å². The molecule has 0 aliphatic rings. The predicted octanol–water partition coefficient (Wildman–Crippen LogP) is 2.19. The van der Waals surface area contributed by atoms with Crippen molar-refractivity contribution in [1.29, 1.82) is 0 Å². The number of hydrogen-bond donors (Lipinski definition) is 2. The maximum absolute atomic E-state index is 9.13. The first-order chi connectivity index (χ1) is 7.55. The summed E-state index contributed by atoms with van der Waals surface area (Å²) in [6.45, 7) is 9.84. The first kappa shape index (κ1) is 15.9. The normalized spacial score (nSPS) is 16.1. The van der Waals surface area contributed by atoms with Crippen molar-refractivity contribution >= 4 is 0 Å². The van der Waals surface area contributed by atoms with Crippen molar-refractivity contribution in [1.82, 2.24) is 5.32 Å². The zero-order valence-electron chi connectivity index (χ0n) is 11.5. The van der Waals surface area contributed by atoms with E-state index in [2.05, 4.69) is 33.0 Å². The lowest BCUT2D eigenvalue weighted by Crippen LogP contribution is -2.43. The molecule has 0 aromatic heterocycles. The summed E-state index contributed by atoms with van der Waals surface area (Å²) in [7, 11) is 1.74. The first-order valence-corrected chi connectivity index (χ1v) is 6.42. The minimum atomic E-state index is 0.223. The molecular formula is C13H29NO2. The average Bonchev–Trinajstić information content (AvgIpc) is 2.33. The molecule has 0 radical (unpaired) electrons. The molecule has 3 nitrogen and oxygen atoms in total. The van der Waals surface area contributed by atoms with E-state index in [-0.39, 0.29) is 18.1 Å². The van der Waals surface area contributed by atoms with Crippen LogP contribution in [-0.4, -0.2) is 37.5 Å². The van der Waals surface area contributed by atoms with E-state index < -0.39 is 0 Å². The van der Waals surface area contributed by atoms with Crippen molar-refractivity contribution in [2.45, 2.75) is 59.1 Å². The van der Waals surface area contributed by atoms with E-state index in [0.717, 1.165) is 25.8 Å². The summed E-state index contributed by atoms with van der Waals surface area (Å²) in [6.07, 6.45) is 3.30. The molecule has 0 spiro atoms. The summed E-state index contributed by atoms with van der Waals surface area (Å²) in [5.41, 5.74) is 0.233. The molecule has 0 heterocycles. The zero-order chi connectivity index (χ0) is 12.6. The van der Waals surface area contributed by atoms with E-state index >= 15 is 0 Å². The molecule has 0 aromatic rings. The first-order valence-electron chi connectivity index (χ1n) is 6.42. The quantitative estimate of drug-likeness (QED) is 0.639. The second kappa shape index (κ2) is 8.04. The predicted molar refractivity (Wildman–Crippen MR) is 68.7 cm³/mol. The molecule has 98 valence electrons. The Kier molecular flexibility index (Phi) is 7.98. The van der Waals surface area contributed by atoms with Crippen molar-refractivity contribution in [2.24, 2.45) is 5.41 Å². The number of aliphatic hydroxyl groups is 1. The lowest BCUT2D eigenvalue weighted by molar-refractivity contribution is 0.0785. The van der Waals surface area contributed by atoms with Gasteiger partial charge >= 0.3 is 0 Å². The van der Waals surface area contributed by atoms with Crippen LogP contribution in [0.15, 0.2) is 0 Å². The van der Waals surface area contributed by atoms with Gasteiger partial charge in [0.15, 0.2) is 0 Å². The number of methoxy groups -OCH3 is 1. The van der Waals surface area contributed by atoms with Crippen LogP contribution >= 0.6 is 0 Å². The SMILES string of the molecule is CCC(CC)(CCO)CNC(C)C(C)OC. The molecule has 0 saturated heterocycles. The molecular weight excluding hydrogens is 202 g/mol. The van der Waals surface area contributed by atoms with Gasteiger partial charge in [-0.25, -0.2) is 0 Å². The Bertz CT molecular complexity index is 169. The molecule has 2 N–H and O–H groups in total. The standard InChI is InChI=1S/C13H29NO2/c1-6-13(7-2,8-9-15)10-14-11(3)12(4)16-5/h11-12,14-15H,6-10H2,1-5H3. The molecule has 0 aliphatic carbocycles. The van der Waals surface area contributed by atoms with Crippen molar-refractivity contribution in [3.05, 3.63) is 0 Å². The fraction of sp³-hybridized carbons (Fsp3) is 1.00. The van der Waals surface area contributed by atoms with Gasteiger partial charge in [0.1, 0.15) is 0 Å². The van der Waals surface area contributed by atoms with Gasteiger partial charge < -0.3 is 15.2 Å². The minimum absolute atomic E-state index is 0.223. The third-order valence-electron chi connectivity index (χ3n) is 4.02. The Balaban J connectivity index is 4.20. The Morgan fingerprint density at radius 2 is 1.81 bits per heavy atom. The van der Waals surface area contributed by atoms with Crippen LogP contribution in [0.25, 0.3) is 0 Å². The van der Waals surface area contributed by atoms with E-state index in [1.807, 2.05) is 0 Å². The minimum Gasteiger partial charge on any atom is -0.396 e. The maximum Gasteiger partial charge on any atom is 0.0693 e. The monoisotopic (exact) mass is 231 g/mol. The lowest BCUT2D eigenvalue weighted by atomic mass is 9.79. The van der Waals surface area contributed by atoms with Crippen LogP contribution < -0.4 is 5.32 Å². The molecule has 0 aliphatic heterocycles. The second-order valence-corrected chi connectivity index (χ2v) is 4.79. The van der Waals surface area contributed by atoms with Gasteiger partial charge in [0.25, 0.3) is 0 Å². The largest absolute Gasteiger partial charge is 0.396 e. The number of nitrogens with one attached hydrogen (secondary N) is 1. The van der Waals surface area contributed by atoms with Crippen molar-refractivity contribution in [3.63, 3.8) is 0 Å². The zero-order valence-corrected chi connectivity index (χ0v) is 11.5. The molecule has 0 bridgehead atoms. The summed E-state index contributed by atoms with van der Waals surface area (Å²) < 4.78 is 5.29. The fourth-order valence-electron chi connectivity index (χ4n) is 1.93. The Morgan fingerprint density at radius 3 is 2.19 bits per heavy atom. The van der Waals surface area contributed by atoms with Crippen LogP contribution in [0.1, 0.15) is 47.0 Å². The van der Waals surface area contributed by atoms with E-state index in [1.54, 1.807) is 7.11 Å². The van der Waals surface area contributed by atoms with Gasteiger partial charge in [0.05, 0.1) is 6.10 Å². The smallest absolute Gasteiger partial charge is 0.0693 e. The van der Waals surface area contributed by atoms with Gasteiger partial charge in [-0.15, -0.1) is 0 Å². The summed E-state index contributed by atoms with van der Waals surface area (Å²) in [4.78, 5) is 0. The molecule has 0 amide bonds. The van der Waals surface area contributed by atoms with Crippen molar-refractivity contribution in [2.75, 3.05) is 20.3 Å². The van der Waals surface area contributed by atoms with Gasteiger partial charge in [0, 0.05) is 26.3 Å². The van der Waals surface area contributed by atoms with E-state index in [4.69, 9.17) is 9.84 Å². The van der Waals surface area contributed by atoms with Gasteiger partial charge in [-0.1, -0.05) is 13.8 Å². The summed E-state index contributed by atoms with van der Waals surface area (Å²) in [5, 5.41) is 12.7. The third-order valence-corrected chi connectivity index (χ3v) is 4.02. The highest BCUT2D eigenvalue weighted by Gasteiger charge is 2.26. The average molecular weight is 231 g/mol. The third kappa shape index (κ3) is 4.81. The molecule has 3 heteroatoms.